The molecule has 1 saturated heterocycles. The van der Waals surface area contributed by atoms with Gasteiger partial charge in [-0.15, -0.1) is 0 Å². The minimum atomic E-state index is -3.01. The molecule has 0 bridgehead atoms. The zero-order valence-corrected chi connectivity index (χ0v) is 12.4. The van der Waals surface area contributed by atoms with Gasteiger partial charge in [0.15, 0.2) is 0 Å². The van der Waals surface area contributed by atoms with Crippen molar-refractivity contribution in [3.05, 3.63) is 17.6 Å². The van der Waals surface area contributed by atoms with Crippen LogP contribution in [0.15, 0.2) is 6.07 Å². The Bertz CT molecular complexity index is 533. The van der Waals surface area contributed by atoms with Crippen molar-refractivity contribution in [1.29, 1.82) is 0 Å². The molecule has 0 amide bonds. The highest BCUT2D eigenvalue weighted by Crippen LogP contribution is 2.20. The van der Waals surface area contributed by atoms with Crippen LogP contribution in [0.3, 0.4) is 0 Å². The lowest BCUT2D eigenvalue weighted by Crippen LogP contribution is -2.52. The quantitative estimate of drug-likeness (QED) is 0.865. The fourth-order valence-electron chi connectivity index (χ4n) is 2.12. The van der Waals surface area contributed by atoms with Crippen LogP contribution < -0.4 is 5.32 Å². The molecule has 0 radical (unpaired) electrons. The van der Waals surface area contributed by atoms with Gasteiger partial charge in [0, 0.05) is 37.3 Å². The maximum atomic E-state index is 11.6. The first-order chi connectivity index (χ1) is 8.90. The Kier molecular flexibility index (Phi) is 4.05. The van der Waals surface area contributed by atoms with E-state index in [0.29, 0.717) is 19.0 Å². The highest BCUT2D eigenvalue weighted by Gasteiger charge is 2.34. The summed E-state index contributed by atoms with van der Waals surface area (Å²) in [4.78, 5) is 8.51. The van der Waals surface area contributed by atoms with Gasteiger partial charge in [0.2, 0.25) is 10.0 Å². The Morgan fingerprint density at radius 2 is 2.05 bits per heavy atom. The number of rotatable bonds is 5. The number of nitrogens with zero attached hydrogens (tertiary/aromatic N) is 3. The molecule has 2 rings (SSSR count). The molecule has 0 unspecified atom stereocenters. The summed E-state index contributed by atoms with van der Waals surface area (Å²) in [5.74, 6) is 2.09. The van der Waals surface area contributed by atoms with Gasteiger partial charge in [-0.25, -0.2) is 22.7 Å². The van der Waals surface area contributed by atoms with Gasteiger partial charge in [-0.1, -0.05) is 0 Å². The van der Waals surface area contributed by atoms with Crippen LogP contribution >= 0.6 is 0 Å². The van der Waals surface area contributed by atoms with E-state index < -0.39 is 10.0 Å². The second kappa shape index (κ2) is 5.42. The van der Waals surface area contributed by atoms with Crippen molar-refractivity contribution >= 4 is 15.8 Å². The molecule has 1 fully saturated rings. The Labute approximate surface area is 114 Å². The molecule has 7 heteroatoms. The van der Waals surface area contributed by atoms with Gasteiger partial charge in [0.1, 0.15) is 11.6 Å². The van der Waals surface area contributed by atoms with Crippen molar-refractivity contribution in [2.24, 2.45) is 5.92 Å². The van der Waals surface area contributed by atoms with E-state index in [1.807, 2.05) is 19.9 Å². The minimum Gasteiger partial charge on any atom is -0.370 e. The summed E-state index contributed by atoms with van der Waals surface area (Å²) in [6, 6.07) is 1.90. The first kappa shape index (κ1) is 14.2. The molecular formula is C12H20N4O2S. The van der Waals surface area contributed by atoms with Crippen LogP contribution in [0.5, 0.6) is 0 Å². The molecule has 1 aliphatic rings. The van der Waals surface area contributed by atoms with Gasteiger partial charge in [-0.05, 0) is 20.8 Å². The Morgan fingerprint density at radius 1 is 1.37 bits per heavy atom. The zero-order valence-electron chi connectivity index (χ0n) is 11.5. The molecule has 19 heavy (non-hydrogen) atoms. The topological polar surface area (TPSA) is 75.2 Å². The molecule has 1 aliphatic heterocycles. The van der Waals surface area contributed by atoms with Crippen LogP contribution in [-0.2, 0) is 10.0 Å². The third-order valence-electron chi connectivity index (χ3n) is 3.22. The second-order valence-corrected chi connectivity index (χ2v) is 7.16. The number of anilines is 1. The SMILES string of the molecule is CCS(=O)(=O)N1CC(CNc2cc(C)nc(C)n2)C1. The van der Waals surface area contributed by atoms with Gasteiger partial charge < -0.3 is 5.32 Å². The fourth-order valence-corrected chi connectivity index (χ4v) is 3.36. The molecule has 1 aromatic heterocycles. The molecular weight excluding hydrogens is 264 g/mol. The van der Waals surface area contributed by atoms with Gasteiger partial charge in [-0.3, -0.25) is 0 Å². The molecule has 0 atom stereocenters. The van der Waals surface area contributed by atoms with Crippen molar-refractivity contribution < 1.29 is 8.42 Å². The maximum absolute atomic E-state index is 11.6. The Balaban J connectivity index is 1.83. The summed E-state index contributed by atoms with van der Waals surface area (Å²) in [5, 5.41) is 3.25. The number of hydrogen-bond donors (Lipinski definition) is 1. The van der Waals surface area contributed by atoms with Crippen molar-refractivity contribution in [3.63, 3.8) is 0 Å². The van der Waals surface area contributed by atoms with Crippen LogP contribution in [0, 0.1) is 19.8 Å². The predicted molar refractivity (Wildman–Crippen MR) is 74.5 cm³/mol. The zero-order chi connectivity index (χ0) is 14.0. The summed E-state index contributed by atoms with van der Waals surface area (Å²) >= 11 is 0. The van der Waals surface area contributed by atoms with Crippen LogP contribution in [0.25, 0.3) is 0 Å². The molecule has 0 saturated carbocycles. The lowest BCUT2D eigenvalue weighted by molar-refractivity contribution is 0.212. The highest BCUT2D eigenvalue weighted by molar-refractivity contribution is 7.89. The third kappa shape index (κ3) is 3.42. The molecule has 1 aromatic rings. The monoisotopic (exact) mass is 284 g/mol. The first-order valence-corrected chi connectivity index (χ1v) is 8.05. The average molecular weight is 284 g/mol. The Morgan fingerprint density at radius 3 is 2.63 bits per heavy atom. The summed E-state index contributed by atoms with van der Waals surface area (Å²) in [5.41, 5.74) is 0.929. The largest absolute Gasteiger partial charge is 0.370 e. The summed E-state index contributed by atoms with van der Waals surface area (Å²) in [7, 11) is -3.01. The van der Waals surface area contributed by atoms with Crippen molar-refractivity contribution in [2.45, 2.75) is 20.8 Å². The molecule has 6 nitrogen and oxygen atoms in total. The minimum absolute atomic E-state index is 0.178. The smallest absolute Gasteiger partial charge is 0.213 e. The van der Waals surface area contributed by atoms with Crippen LogP contribution in [0.2, 0.25) is 0 Å². The molecule has 1 N–H and O–H groups in total. The van der Waals surface area contributed by atoms with Crippen LogP contribution in [0.4, 0.5) is 5.82 Å². The number of sulfonamides is 1. The third-order valence-corrected chi connectivity index (χ3v) is 5.03. The predicted octanol–water partition coefficient (Wildman–Crippen LogP) is 0.787. The summed E-state index contributed by atoms with van der Waals surface area (Å²) in [6.07, 6.45) is 0. The lowest BCUT2D eigenvalue weighted by atomic mass is 10.0. The van der Waals surface area contributed by atoms with Gasteiger partial charge in [-0.2, -0.15) is 0 Å². The number of aryl methyl sites for hydroxylation is 2. The van der Waals surface area contributed by atoms with E-state index in [0.717, 1.165) is 23.9 Å². The van der Waals surface area contributed by atoms with E-state index in [4.69, 9.17) is 0 Å². The first-order valence-electron chi connectivity index (χ1n) is 6.44. The number of nitrogens with one attached hydrogen (secondary N) is 1. The van der Waals surface area contributed by atoms with Crippen molar-refractivity contribution in [3.8, 4) is 0 Å². The molecule has 0 aliphatic carbocycles. The van der Waals surface area contributed by atoms with E-state index in [1.165, 1.54) is 4.31 Å². The van der Waals surface area contributed by atoms with Crippen molar-refractivity contribution in [2.75, 3.05) is 30.7 Å². The maximum Gasteiger partial charge on any atom is 0.213 e. The Hall–Kier alpha value is -1.21. The van der Waals surface area contributed by atoms with Crippen molar-refractivity contribution in [1.82, 2.24) is 14.3 Å². The highest BCUT2D eigenvalue weighted by atomic mass is 32.2. The van der Waals surface area contributed by atoms with Gasteiger partial charge >= 0.3 is 0 Å². The van der Waals surface area contributed by atoms with E-state index in [2.05, 4.69) is 15.3 Å². The molecule has 106 valence electrons. The number of hydrogen-bond acceptors (Lipinski definition) is 5. The van der Waals surface area contributed by atoms with E-state index >= 15 is 0 Å². The summed E-state index contributed by atoms with van der Waals surface area (Å²) in [6.45, 7) is 7.41. The molecule has 0 aromatic carbocycles. The van der Waals surface area contributed by atoms with Crippen LogP contribution in [-0.4, -0.2) is 48.1 Å². The lowest BCUT2D eigenvalue weighted by Gasteiger charge is -2.38. The van der Waals surface area contributed by atoms with Gasteiger partial charge in [0.05, 0.1) is 5.75 Å². The molecule has 0 spiro atoms. The van der Waals surface area contributed by atoms with E-state index in [1.54, 1.807) is 6.92 Å². The van der Waals surface area contributed by atoms with E-state index in [-0.39, 0.29) is 5.75 Å². The summed E-state index contributed by atoms with van der Waals surface area (Å²) < 4.78 is 24.7. The fraction of sp³-hybridized carbons (Fsp3) is 0.667. The number of aromatic nitrogens is 2. The standard InChI is InChI=1S/C12H20N4O2S/c1-4-19(17,18)16-7-11(8-16)6-13-12-5-9(2)14-10(3)15-12/h5,11H,4,6-8H2,1-3H3,(H,13,14,15). The van der Waals surface area contributed by atoms with E-state index in [9.17, 15) is 8.42 Å². The second-order valence-electron chi connectivity index (χ2n) is 4.91. The molecule has 2 heterocycles. The van der Waals surface area contributed by atoms with Gasteiger partial charge in [0.25, 0.3) is 0 Å². The normalized spacial score (nSPS) is 17.2. The average Bonchev–Trinajstić information content (AvgIpc) is 2.25. The van der Waals surface area contributed by atoms with Crippen LogP contribution in [0.1, 0.15) is 18.4 Å².